The van der Waals surface area contributed by atoms with Gasteiger partial charge in [0, 0.05) is 24.0 Å². The molecule has 0 radical (unpaired) electrons. The number of nitrogens with zero attached hydrogens (tertiary/aromatic N) is 2. The van der Waals surface area contributed by atoms with Gasteiger partial charge in [0.15, 0.2) is 0 Å². The highest BCUT2D eigenvalue weighted by molar-refractivity contribution is 5.76. The average Bonchev–Trinajstić information content (AvgIpc) is 2.91. The summed E-state index contributed by atoms with van der Waals surface area (Å²) in [4.78, 5) is 2.23. The Labute approximate surface area is 166 Å². The molecule has 0 spiro atoms. The first kappa shape index (κ1) is 18.6. The molecule has 146 valence electrons. The van der Waals surface area contributed by atoms with Crippen molar-refractivity contribution in [2.24, 2.45) is 5.41 Å². The number of rotatable bonds is 1. The molecule has 0 aromatic carbocycles. The Kier molecular flexibility index (Phi) is 4.25. The summed E-state index contributed by atoms with van der Waals surface area (Å²) in [6, 6.07) is 2.26. The smallest absolute Gasteiger partial charge is 0.123 e. The van der Waals surface area contributed by atoms with Gasteiger partial charge in [-0.2, -0.15) is 0 Å². The summed E-state index contributed by atoms with van der Waals surface area (Å²) < 4.78 is 16.5. The van der Waals surface area contributed by atoms with Gasteiger partial charge in [-0.05, 0) is 53.7 Å². The van der Waals surface area contributed by atoms with Crippen LogP contribution in [0.1, 0.15) is 44.1 Å². The number of hydrogen-bond donors (Lipinski definition) is 1. The lowest BCUT2D eigenvalue weighted by Gasteiger charge is -2.47. The summed E-state index contributed by atoms with van der Waals surface area (Å²) in [5.74, 6) is -0.189. The van der Waals surface area contributed by atoms with Crippen LogP contribution in [0.4, 0.5) is 4.39 Å². The van der Waals surface area contributed by atoms with Crippen molar-refractivity contribution in [2.75, 3.05) is 0 Å². The standard InChI is InChI=1S/C24H27FN2O/c1-15-10-21-22-12-17-11-18(25)8-6-7-9-20(17)26(22)14-23(24(3,4)5)27(21)13-19(15)16(2)28/h6,8,10-13,23,28H,1-2,7,9,14H2,3-5H3/b8-6-,18-11+. The van der Waals surface area contributed by atoms with Gasteiger partial charge in [0.05, 0.1) is 17.4 Å². The molecule has 1 aromatic heterocycles. The maximum atomic E-state index is 14.1. The minimum atomic E-state index is -0.214. The lowest BCUT2D eigenvalue weighted by atomic mass is 9.83. The summed E-state index contributed by atoms with van der Waals surface area (Å²) >= 11 is 0. The fourth-order valence-corrected chi connectivity index (χ4v) is 4.33. The molecule has 1 N–H and O–H groups in total. The highest BCUT2D eigenvalue weighted by Crippen LogP contribution is 2.43. The van der Waals surface area contributed by atoms with E-state index < -0.39 is 0 Å². The molecule has 0 saturated carbocycles. The summed E-state index contributed by atoms with van der Waals surface area (Å²) in [6.45, 7) is 15.3. The summed E-state index contributed by atoms with van der Waals surface area (Å²) in [7, 11) is 0. The number of aliphatic hydroxyl groups is 1. The predicted octanol–water partition coefficient (Wildman–Crippen LogP) is 5.90. The first-order valence-corrected chi connectivity index (χ1v) is 9.72. The van der Waals surface area contributed by atoms with Crippen molar-refractivity contribution in [3.63, 3.8) is 0 Å². The molecule has 0 bridgehead atoms. The van der Waals surface area contributed by atoms with E-state index in [2.05, 4.69) is 49.5 Å². The number of halogens is 1. The molecule has 4 rings (SSSR count). The maximum absolute atomic E-state index is 14.1. The second-order valence-corrected chi connectivity index (χ2v) is 8.85. The summed E-state index contributed by atoms with van der Waals surface area (Å²) in [5.41, 5.74) is 5.61. The topological polar surface area (TPSA) is 28.4 Å². The third-order valence-electron chi connectivity index (χ3n) is 5.83. The molecule has 0 fully saturated rings. The predicted molar refractivity (Wildman–Crippen MR) is 113 cm³/mol. The van der Waals surface area contributed by atoms with Gasteiger partial charge < -0.3 is 14.6 Å². The second-order valence-electron chi connectivity index (χ2n) is 8.85. The van der Waals surface area contributed by atoms with Gasteiger partial charge in [-0.3, -0.25) is 0 Å². The number of allylic oxidation sites excluding steroid dienone is 5. The van der Waals surface area contributed by atoms with E-state index in [1.54, 1.807) is 12.2 Å². The highest BCUT2D eigenvalue weighted by atomic mass is 19.1. The first-order valence-electron chi connectivity index (χ1n) is 9.72. The molecular weight excluding hydrogens is 351 g/mol. The Morgan fingerprint density at radius 2 is 2.04 bits per heavy atom. The van der Waals surface area contributed by atoms with Gasteiger partial charge in [0.2, 0.25) is 0 Å². The van der Waals surface area contributed by atoms with Crippen molar-refractivity contribution in [1.29, 1.82) is 0 Å². The molecule has 3 heterocycles. The highest BCUT2D eigenvalue weighted by Gasteiger charge is 2.39. The molecule has 3 aliphatic rings. The zero-order valence-corrected chi connectivity index (χ0v) is 16.8. The molecular formula is C24H27FN2O. The minimum absolute atomic E-state index is 0.00633. The zero-order chi connectivity index (χ0) is 20.2. The Morgan fingerprint density at radius 3 is 2.71 bits per heavy atom. The minimum Gasteiger partial charge on any atom is -0.508 e. The van der Waals surface area contributed by atoms with Crippen molar-refractivity contribution in [3.8, 4) is 0 Å². The van der Waals surface area contributed by atoms with Crippen LogP contribution in [0.15, 0.2) is 66.4 Å². The maximum Gasteiger partial charge on any atom is 0.123 e. The fourth-order valence-electron chi connectivity index (χ4n) is 4.33. The number of aliphatic hydroxyl groups excluding tert-OH is 1. The van der Waals surface area contributed by atoms with Gasteiger partial charge in [0.25, 0.3) is 0 Å². The van der Waals surface area contributed by atoms with E-state index >= 15 is 0 Å². The van der Waals surface area contributed by atoms with Crippen LogP contribution in [-0.4, -0.2) is 20.6 Å². The van der Waals surface area contributed by atoms with Crippen molar-refractivity contribution in [2.45, 2.75) is 46.2 Å². The second kappa shape index (κ2) is 6.40. The van der Waals surface area contributed by atoms with Crippen LogP contribution in [-0.2, 0) is 13.0 Å². The van der Waals surface area contributed by atoms with Gasteiger partial charge >= 0.3 is 0 Å². The zero-order valence-electron chi connectivity index (χ0n) is 16.8. The summed E-state index contributed by atoms with van der Waals surface area (Å²) in [6.07, 6.45) is 10.7. The molecule has 1 aliphatic carbocycles. The van der Waals surface area contributed by atoms with Crippen molar-refractivity contribution >= 4 is 11.8 Å². The van der Waals surface area contributed by atoms with Crippen molar-refractivity contribution in [3.05, 3.63) is 83.3 Å². The average molecular weight is 378 g/mol. The van der Waals surface area contributed by atoms with E-state index in [0.717, 1.165) is 41.9 Å². The third-order valence-corrected chi connectivity index (χ3v) is 5.83. The Hall–Kier alpha value is -2.75. The number of aromatic nitrogens is 1. The van der Waals surface area contributed by atoms with E-state index in [4.69, 9.17) is 0 Å². The van der Waals surface area contributed by atoms with Gasteiger partial charge in [-0.15, -0.1) is 0 Å². The van der Waals surface area contributed by atoms with E-state index in [0.29, 0.717) is 5.57 Å². The van der Waals surface area contributed by atoms with Crippen LogP contribution in [0.25, 0.3) is 11.8 Å². The van der Waals surface area contributed by atoms with Crippen LogP contribution in [0, 0.1) is 5.41 Å². The van der Waals surface area contributed by atoms with Crippen LogP contribution >= 0.6 is 0 Å². The third kappa shape index (κ3) is 2.97. The van der Waals surface area contributed by atoms with E-state index in [1.807, 2.05) is 18.4 Å². The lowest BCUT2D eigenvalue weighted by molar-refractivity contribution is 0.160. The van der Waals surface area contributed by atoms with Crippen LogP contribution in [0.5, 0.6) is 0 Å². The van der Waals surface area contributed by atoms with Crippen LogP contribution < -0.4 is 0 Å². The quantitative estimate of drug-likeness (QED) is 0.617. The molecule has 1 unspecified atom stereocenters. The van der Waals surface area contributed by atoms with Crippen molar-refractivity contribution in [1.82, 2.24) is 9.47 Å². The molecule has 1 aromatic rings. The largest absolute Gasteiger partial charge is 0.508 e. The molecule has 0 saturated heterocycles. The van der Waals surface area contributed by atoms with Gasteiger partial charge in [-0.1, -0.05) is 40.0 Å². The molecule has 1 atom stereocenters. The molecule has 0 amide bonds. The summed E-state index contributed by atoms with van der Waals surface area (Å²) in [5, 5.41) is 10.0. The fraction of sp³-hybridized carbons (Fsp3) is 0.333. The van der Waals surface area contributed by atoms with E-state index in [-0.39, 0.29) is 23.0 Å². The number of hydrogen-bond acceptors (Lipinski definition) is 2. The van der Waals surface area contributed by atoms with Gasteiger partial charge in [0.1, 0.15) is 11.6 Å². The first-order chi connectivity index (χ1) is 13.2. The number of fused-ring (bicyclic) bond motifs is 5. The van der Waals surface area contributed by atoms with Crippen molar-refractivity contribution < 1.29 is 9.50 Å². The van der Waals surface area contributed by atoms with Crippen LogP contribution in [0.3, 0.4) is 0 Å². The van der Waals surface area contributed by atoms with Gasteiger partial charge in [-0.25, -0.2) is 4.39 Å². The van der Waals surface area contributed by atoms with E-state index in [9.17, 15) is 9.50 Å². The Balaban J connectivity index is 1.91. The lowest BCUT2D eigenvalue weighted by Crippen LogP contribution is -2.47. The molecule has 3 nitrogen and oxygen atoms in total. The monoisotopic (exact) mass is 378 g/mol. The Bertz CT molecular complexity index is 995. The van der Waals surface area contributed by atoms with Crippen LogP contribution in [0.2, 0.25) is 0 Å². The molecule has 2 aliphatic heterocycles. The molecule has 28 heavy (non-hydrogen) atoms. The molecule has 4 heteroatoms. The SMILES string of the molecule is C=C(O)C1=CN2C(=CC1=C)c1cc3c(n1CC2C(C)(C)C)CC/C=C\C(F)=C/3. The van der Waals surface area contributed by atoms with E-state index in [1.165, 1.54) is 5.69 Å². The Morgan fingerprint density at radius 1 is 1.29 bits per heavy atom. The normalized spacial score (nSPS) is 24.6.